The van der Waals surface area contributed by atoms with E-state index >= 15 is 0 Å². The van der Waals surface area contributed by atoms with Gasteiger partial charge in [0, 0.05) is 0 Å². The predicted molar refractivity (Wildman–Crippen MR) is 109 cm³/mol. The standard InChI is InChI=1S/2C11H17.C2H4.2ClH.Hf/c2*1-2-3-4-5-8-11-9-6-7-10-11;1-2;;;/h2*6,9H,2-5,7-8H2,1H3;1-2H2;2*1H;/q;;;;;+2/p-2. The second kappa shape index (κ2) is 12.9. The van der Waals surface area contributed by atoms with Crippen LogP contribution in [0.4, 0.5) is 0 Å². The van der Waals surface area contributed by atoms with Crippen molar-refractivity contribution in [2.75, 3.05) is 0 Å². The van der Waals surface area contributed by atoms with Gasteiger partial charge in [-0.3, -0.25) is 0 Å². The molecule has 0 aromatic heterocycles. The minimum atomic E-state index is -2.23. The van der Waals surface area contributed by atoms with Gasteiger partial charge >= 0.3 is 161 Å². The molecule has 0 spiro atoms. The van der Waals surface area contributed by atoms with Gasteiger partial charge in [-0.2, -0.15) is 0 Å². The quantitative estimate of drug-likeness (QED) is 0.248. The molecule has 0 radical (unpaired) electrons. The summed E-state index contributed by atoms with van der Waals surface area (Å²) in [5.41, 5.74) is 3.61. The summed E-state index contributed by atoms with van der Waals surface area (Å²) < 4.78 is 7.35. The van der Waals surface area contributed by atoms with Crippen molar-refractivity contribution in [2.24, 2.45) is 0 Å². The van der Waals surface area contributed by atoms with Crippen LogP contribution in [-0.2, 0) is 20.0 Å². The molecular weight excluding hydrogens is 538 g/mol. The number of allylic oxidation sites excluding steroid dienone is 8. The number of rotatable bonds is 12. The van der Waals surface area contributed by atoms with E-state index in [1.54, 1.807) is 19.5 Å². The average Bonchev–Trinajstić information content (AvgIpc) is 3.06. The predicted octanol–water partition coefficient (Wildman–Crippen LogP) is 2.37. The fraction of sp³-hybridized carbons (Fsp3) is 0.667. The van der Waals surface area contributed by atoms with Crippen LogP contribution >= 0.6 is 0 Å². The van der Waals surface area contributed by atoms with Crippen LogP contribution in [-0.4, -0.2) is 0 Å². The van der Waals surface area contributed by atoms with Crippen molar-refractivity contribution >= 4 is 0 Å². The second-order valence-corrected chi connectivity index (χ2v) is 24.1. The van der Waals surface area contributed by atoms with Gasteiger partial charge in [0.15, 0.2) is 0 Å². The molecule has 0 unspecified atom stereocenters. The molecule has 3 aliphatic rings. The molecule has 0 nitrogen and oxygen atoms in total. The summed E-state index contributed by atoms with van der Waals surface area (Å²) in [6, 6.07) is 0. The van der Waals surface area contributed by atoms with E-state index in [9.17, 15) is 0 Å². The zero-order valence-corrected chi connectivity index (χ0v) is 22.6. The zero-order valence-electron chi connectivity index (χ0n) is 17.5. The summed E-state index contributed by atoms with van der Waals surface area (Å²) in [4.78, 5) is 0. The fourth-order valence-electron chi connectivity index (χ4n) is 4.97. The van der Waals surface area contributed by atoms with Crippen LogP contribution in [0.2, 0.25) is 8.35 Å². The van der Waals surface area contributed by atoms with Crippen LogP contribution in [0.3, 0.4) is 0 Å². The van der Waals surface area contributed by atoms with E-state index in [1.165, 1.54) is 77.0 Å². The van der Waals surface area contributed by atoms with Crippen molar-refractivity contribution in [3.63, 3.8) is 0 Å². The summed E-state index contributed by atoms with van der Waals surface area (Å²) in [7, 11) is 0. The van der Waals surface area contributed by atoms with E-state index in [0.29, 0.717) is 0 Å². The molecule has 152 valence electrons. The molecule has 1 fully saturated rings. The first-order chi connectivity index (χ1) is 12.3. The number of halogens is 2. The van der Waals surface area contributed by atoms with Crippen LogP contribution in [0.25, 0.3) is 0 Å². The van der Waals surface area contributed by atoms with Crippen molar-refractivity contribution in [3.8, 4) is 0 Å². The Kier molecular flexibility index (Phi) is 12.1. The molecule has 0 aromatic rings. The third-order valence-electron chi connectivity index (χ3n) is 6.56. The van der Waals surface area contributed by atoms with Crippen LogP contribution in [0.15, 0.2) is 42.1 Å². The van der Waals surface area contributed by atoms with E-state index in [1.807, 2.05) is 6.66 Å². The van der Waals surface area contributed by atoms with Gasteiger partial charge in [-0.05, 0) is 0 Å². The normalized spacial score (nSPS) is 18.3. The first-order valence-corrected chi connectivity index (χ1v) is 19.8. The molecule has 0 N–H and O–H groups in total. The van der Waals surface area contributed by atoms with Gasteiger partial charge in [0.2, 0.25) is 0 Å². The monoisotopic (exact) mass is 576 g/mol. The van der Waals surface area contributed by atoms with Crippen molar-refractivity contribution < 1.29 is 44.8 Å². The van der Waals surface area contributed by atoms with E-state index in [-0.39, 0.29) is 24.8 Å². The van der Waals surface area contributed by atoms with Gasteiger partial charge in [-0.1, -0.05) is 0 Å². The maximum absolute atomic E-state index is 2.52. The Bertz CT molecular complexity index is 531. The molecular formula is C24H38Cl2Hf. The molecule has 3 heteroatoms. The topological polar surface area (TPSA) is 0 Å². The van der Waals surface area contributed by atoms with Crippen LogP contribution in [0, 0.1) is 0 Å². The van der Waals surface area contributed by atoms with Crippen LogP contribution in [0.1, 0.15) is 90.9 Å². The first kappa shape index (κ1) is 25.4. The van der Waals surface area contributed by atoms with Gasteiger partial charge in [-0.25, -0.2) is 0 Å². The summed E-state index contributed by atoms with van der Waals surface area (Å²) in [6.07, 6.45) is 26.7. The minimum absolute atomic E-state index is 0. The van der Waals surface area contributed by atoms with E-state index in [0.717, 1.165) is 0 Å². The molecule has 0 atom stereocenters. The third kappa shape index (κ3) is 6.45. The Morgan fingerprint density at radius 2 is 1.11 bits per heavy atom. The first-order valence-electron chi connectivity index (χ1n) is 11.1. The van der Waals surface area contributed by atoms with Gasteiger partial charge < -0.3 is 24.8 Å². The van der Waals surface area contributed by atoms with Crippen molar-refractivity contribution in [1.29, 1.82) is 0 Å². The molecule has 0 amide bonds. The second-order valence-electron chi connectivity index (χ2n) is 8.42. The largest absolute Gasteiger partial charge is 1.00 e. The van der Waals surface area contributed by atoms with Gasteiger partial charge in [0.1, 0.15) is 0 Å². The summed E-state index contributed by atoms with van der Waals surface area (Å²) in [5, 5.41) is 0. The average molecular weight is 576 g/mol. The molecule has 2 aliphatic carbocycles. The van der Waals surface area contributed by atoms with Gasteiger partial charge in [0.05, 0.1) is 0 Å². The summed E-state index contributed by atoms with van der Waals surface area (Å²) >= 11 is -2.23. The molecule has 0 aromatic carbocycles. The van der Waals surface area contributed by atoms with E-state index < -0.39 is 20.0 Å². The van der Waals surface area contributed by atoms with Crippen molar-refractivity contribution in [1.82, 2.24) is 0 Å². The third-order valence-corrected chi connectivity index (χ3v) is 24.0. The van der Waals surface area contributed by atoms with E-state index in [2.05, 4.69) is 38.2 Å². The van der Waals surface area contributed by atoms with Gasteiger partial charge in [-0.15, -0.1) is 0 Å². The number of hydrogen-bond acceptors (Lipinski definition) is 0. The Hall–Kier alpha value is 0.410. The maximum atomic E-state index is 2.52. The number of hydrogen-bond donors (Lipinski definition) is 0. The maximum Gasteiger partial charge on any atom is -1.00 e. The molecule has 3 rings (SSSR count). The molecule has 1 heterocycles. The van der Waals surface area contributed by atoms with Crippen LogP contribution in [0.5, 0.6) is 0 Å². The summed E-state index contributed by atoms with van der Waals surface area (Å²) in [5.74, 6) is 0. The molecule has 0 bridgehead atoms. The molecule has 27 heavy (non-hydrogen) atoms. The molecule has 1 aliphatic heterocycles. The molecule has 0 saturated carbocycles. The summed E-state index contributed by atoms with van der Waals surface area (Å²) in [6.45, 7) is 4.63. The Balaban J connectivity index is 0.00000182. The van der Waals surface area contributed by atoms with Crippen molar-refractivity contribution in [3.05, 3.63) is 42.1 Å². The Labute approximate surface area is 185 Å². The minimum Gasteiger partial charge on any atom is -1.00 e. The fourth-order valence-corrected chi connectivity index (χ4v) is 28.4. The van der Waals surface area contributed by atoms with Crippen LogP contribution < -0.4 is 24.8 Å². The zero-order chi connectivity index (χ0) is 17.5. The van der Waals surface area contributed by atoms with Gasteiger partial charge in [0.25, 0.3) is 0 Å². The molecule has 1 saturated heterocycles. The Morgan fingerprint density at radius 1 is 0.667 bits per heavy atom. The number of unbranched alkanes of at least 4 members (excludes halogenated alkanes) is 6. The Morgan fingerprint density at radius 3 is 1.48 bits per heavy atom. The van der Waals surface area contributed by atoms with E-state index in [4.69, 9.17) is 0 Å². The smallest absolute Gasteiger partial charge is 1.00 e. The SMILES string of the molecule is CCCCCCC1=[C]([Hf+2]2([C]3=C(CCCCCC)C=CC3)[CH2][CH2]2)CC=C1.[Cl-].[Cl-]. The van der Waals surface area contributed by atoms with Crippen molar-refractivity contribution in [2.45, 2.75) is 99.3 Å².